The van der Waals surface area contributed by atoms with E-state index in [4.69, 9.17) is 0 Å². The van der Waals surface area contributed by atoms with Crippen molar-refractivity contribution in [2.75, 3.05) is 32.1 Å². The Morgan fingerprint density at radius 3 is 2.40 bits per heavy atom. The van der Waals surface area contributed by atoms with E-state index in [0.29, 0.717) is 11.7 Å². The Kier molecular flexibility index (Phi) is 6.02. The first-order valence-electron chi connectivity index (χ1n) is 8.36. The van der Waals surface area contributed by atoms with Crippen molar-refractivity contribution < 1.29 is 13.3 Å². The number of benzene rings is 1. The smallest absolute Gasteiger partial charge is 0.293 e. The molecule has 1 aliphatic rings. The summed E-state index contributed by atoms with van der Waals surface area (Å²) in [5.74, 6) is 0. The standard InChI is InChI=1S/C16H26N4O4S/c1-12(2)19-9-7-13(8-10-19)18(4)15-6-5-14(25(23,24)17-3)11-16(15)20(21)22/h5-6,11-13,17H,7-10H2,1-4H3. The molecule has 2 rings (SSSR count). The molecule has 1 heterocycles. The summed E-state index contributed by atoms with van der Waals surface area (Å²) in [5, 5.41) is 11.5. The van der Waals surface area contributed by atoms with Gasteiger partial charge in [-0.2, -0.15) is 0 Å². The molecule has 0 aromatic heterocycles. The van der Waals surface area contributed by atoms with E-state index in [1.54, 1.807) is 0 Å². The average molecular weight is 370 g/mol. The lowest BCUT2D eigenvalue weighted by Gasteiger charge is -2.39. The second kappa shape index (κ2) is 7.67. The summed E-state index contributed by atoms with van der Waals surface area (Å²) in [4.78, 5) is 15.1. The van der Waals surface area contributed by atoms with E-state index in [-0.39, 0.29) is 16.6 Å². The summed E-state index contributed by atoms with van der Waals surface area (Å²) < 4.78 is 26.0. The highest BCUT2D eigenvalue weighted by atomic mass is 32.2. The third-order valence-electron chi connectivity index (χ3n) is 4.88. The van der Waals surface area contributed by atoms with Gasteiger partial charge in [-0.15, -0.1) is 0 Å². The summed E-state index contributed by atoms with van der Waals surface area (Å²) in [6.07, 6.45) is 1.84. The Labute approximate surface area is 149 Å². The molecule has 1 saturated heterocycles. The molecule has 1 N–H and O–H groups in total. The van der Waals surface area contributed by atoms with Gasteiger partial charge < -0.3 is 9.80 Å². The summed E-state index contributed by atoms with van der Waals surface area (Å²) >= 11 is 0. The molecule has 0 spiro atoms. The fourth-order valence-corrected chi connectivity index (χ4v) is 3.97. The summed E-state index contributed by atoms with van der Waals surface area (Å²) in [6, 6.07) is 4.75. The topological polar surface area (TPSA) is 95.8 Å². The zero-order valence-corrected chi connectivity index (χ0v) is 15.9. The van der Waals surface area contributed by atoms with E-state index in [0.717, 1.165) is 32.0 Å². The van der Waals surface area contributed by atoms with E-state index in [1.807, 2.05) is 11.9 Å². The van der Waals surface area contributed by atoms with Crippen LogP contribution < -0.4 is 9.62 Å². The number of anilines is 1. The van der Waals surface area contributed by atoms with Crippen LogP contribution in [-0.2, 0) is 10.0 Å². The number of likely N-dealkylation sites (tertiary alicyclic amines) is 1. The van der Waals surface area contributed by atoms with Crippen LogP contribution in [0.3, 0.4) is 0 Å². The third kappa shape index (κ3) is 4.28. The van der Waals surface area contributed by atoms with Crippen molar-refractivity contribution in [3.8, 4) is 0 Å². The van der Waals surface area contributed by atoms with E-state index >= 15 is 0 Å². The van der Waals surface area contributed by atoms with Gasteiger partial charge in [0.1, 0.15) is 5.69 Å². The molecular formula is C16H26N4O4S. The van der Waals surface area contributed by atoms with Crippen LogP contribution in [0.15, 0.2) is 23.1 Å². The maximum absolute atomic E-state index is 11.9. The number of hydrogen-bond donors (Lipinski definition) is 1. The molecule has 25 heavy (non-hydrogen) atoms. The number of sulfonamides is 1. The number of rotatable bonds is 6. The molecule has 0 unspecified atom stereocenters. The van der Waals surface area contributed by atoms with Crippen LogP contribution in [-0.4, -0.2) is 57.5 Å². The molecule has 0 aliphatic carbocycles. The largest absolute Gasteiger partial charge is 0.366 e. The molecule has 0 radical (unpaired) electrons. The van der Waals surface area contributed by atoms with Gasteiger partial charge in [-0.1, -0.05) is 0 Å². The predicted octanol–water partition coefficient (Wildman–Crippen LogP) is 1.81. The number of piperidine rings is 1. The van der Waals surface area contributed by atoms with Crippen LogP contribution in [0.1, 0.15) is 26.7 Å². The number of nitro benzene ring substituents is 1. The highest BCUT2D eigenvalue weighted by Gasteiger charge is 2.28. The molecule has 0 bridgehead atoms. The van der Waals surface area contributed by atoms with Crippen molar-refractivity contribution in [3.05, 3.63) is 28.3 Å². The normalized spacial score (nSPS) is 17.0. The quantitative estimate of drug-likeness (QED) is 0.606. The minimum atomic E-state index is -3.72. The molecule has 8 nitrogen and oxygen atoms in total. The molecule has 1 aliphatic heterocycles. The second-order valence-corrected chi connectivity index (χ2v) is 8.47. The molecule has 0 saturated carbocycles. The molecule has 9 heteroatoms. The minimum absolute atomic E-state index is 0.103. The van der Waals surface area contributed by atoms with Gasteiger partial charge in [0.2, 0.25) is 10.0 Å². The molecule has 1 fully saturated rings. The van der Waals surface area contributed by atoms with Gasteiger partial charge >= 0.3 is 0 Å². The third-order valence-corrected chi connectivity index (χ3v) is 6.29. The summed E-state index contributed by atoms with van der Waals surface area (Å²) in [5.41, 5.74) is 0.258. The first-order chi connectivity index (χ1) is 11.7. The van der Waals surface area contributed by atoms with Crippen molar-refractivity contribution >= 4 is 21.4 Å². The Balaban J connectivity index is 2.28. The van der Waals surface area contributed by atoms with Crippen molar-refractivity contribution in [3.63, 3.8) is 0 Å². The van der Waals surface area contributed by atoms with Crippen LogP contribution in [0.2, 0.25) is 0 Å². The van der Waals surface area contributed by atoms with Crippen molar-refractivity contribution in [1.29, 1.82) is 0 Å². The second-order valence-electron chi connectivity index (χ2n) is 6.59. The first-order valence-corrected chi connectivity index (χ1v) is 9.84. The van der Waals surface area contributed by atoms with Gasteiger partial charge in [0, 0.05) is 38.3 Å². The number of nitrogens with one attached hydrogen (secondary N) is 1. The SMILES string of the molecule is CNS(=O)(=O)c1ccc(N(C)C2CCN(C(C)C)CC2)c([N+](=O)[O-])c1. The van der Waals surface area contributed by atoms with Crippen LogP contribution in [0.5, 0.6) is 0 Å². The lowest BCUT2D eigenvalue weighted by atomic mass is 10.0. The van der Waals surface area contributed by atoms with Crippen LogP contribution in [0.25, 0.3) is 0 Å². The van der Waals surface area contributed by atoms with Gasteiger partial charge in [-0.25, -0.2) is 13.1 Å². The highest BCUT2D eigenvalue weighted by Crippen LogP contribution is 2.33. The monoisotopic (exact) mass is 370 g/mol. The molecular weight excluding hydrogens is 344 g/mol. The van der Waals surface area contributed by atoms with Crippen molar-refractivity contribution in [2.45, 2.75) is 43.7 Å². The fourth-order valence-electron chi connectivity index (χ4n) is 3.22. The van der Waals surface area contributed by atoms with Gasteiger partial charge in [-0.05, 0) is 45.9 Å². The molecule has 1 aromatic carbocycles. The fraction of sp³-hybridized carbons (Fsp3) is 0.625. The Morgan fingerprint density at radius 2 is 1.92 bits per heavy atom. The van der Waals surface area contributed by atoms with Gasteiger partial charge in [0.15, 0.2) is 0 Å². The van der Waals surface area contributed by atoms with E-state index in [9.17, 15) is 18.5 Å². The maximum atomic E-state index is 11.9. The zero-order chi connectivity index (χ0) is 18.8. The van der Waals surface area contributed by atoms with Crippen LogP contribution in [0, 0.1) is 10.1 Å². The van der Waals surface area contributed by atoms with Gasteiger partial charge in [0.05, 0.1) is 9.82 Å². The number of nitrogens with zero attached hydrogens (tertiary/aromatic N) is 3. The van der Waals surface area contributed by atoms with Gasteiger partial charge in [0.25, 0.3) is 5.69 Å². The molecule has 1 aromatic rings. The van der Waals surface area contributed by atoms with Crippen LogP contribution in [0.4, 0.5) is 11.4 Å². The highest BCUT2D eigenvalue weighted by molar-refractivity contribution is 7.89. The summed E-state index contributed by atoms with van der Waals surface area (Å²) in [7, 11) is -0.599. The summed E-state index contributed by atoms with van der Waals surface area (Å²) in [6.45, 7) is 6.23. The number of nitro groups is 1. The minimum Gasteiger partial charge on any atom is -0.366 e. The van der Waals surface area contributed by atoms with Crippen LogP contribution >= 0.6 is 0 Å². The zero-order valence-electron chi connectivity index (χ0n) is 15.1. The van der Waals surface area contributed by atoms with Crippen molar-refractivity contribution in [2.24, 2.45) is 0 Å². The molecule has 0 amide bonds. The lowest BCUT2D eigenvalue weighted by Crippen LogP contribution is -2.45. The molecule has 140 valence electrons. The Bertz CT molecular complexity index is 728. The Hall–Kier alpha value is -1.71. The number of hydrogen-bond acceptors (Lipinski definition) is 6. The maximum Gasteiger partial charge on any atom is 0.293 e. The van der Waals surface area contributed by atoms with Gasteiger partial charge in [-0.3, -0.25) is 10.1 Å². The van der Waals surface area contributed by atoms with E-state index < -0.39 is 14.9 Å². The average Bonchev–Trinajstić information content (AvgIpc) is 2.60. The Morgan fingerprint density at radius 1 is 1.32 bits per heavy atom. The van der Waals surface area contributed by atoms with E-state index in [1.165, 1.54) is 19.2 Å². The van der Waals surface area contributed by atoms with Crippen molar-refractivity contribution in [1.82, 2.24) is 9.62 Å². The van der Waals surface area contributed by atoms with E-state index in [2.05, 4.69) is 23.5 Å². The molecule has 0 atom stereocenters. The first kappa shape index (κ1) is 19.6. The predicted molar refractivity (Wildman–Crippen MR) is 97.5 cm³/mol. The lowest BCUT2D eigenvalue weighted by molar-refractivity contribution is -0.384.